The summed E-state index contributed by atoms with van der Waals surface area (Å²) >= 11 is 6.60. The van der Waals surface area contributed by atoms with Gasteiger partial charge in [0.15, 0.2) is 0 Å². The molecule has 0 aromatic carbocycles. The molecule has 0 bridgehead atoms. The average Bonchev–Trinajstić information content (AvgIpc) is 2.97. The smallest absolute Gasteiger partial charge is 0.228 e. The molecule has 3 rings (SSSR count). The lowest BCUT2D eigenvalue weighted by Crippen LogP contribution is -2.64. The number of nitrogens with zero attached hydrogens (tertiary/aromatic N) is 3. The summed E-state index contributed by atoms with van der Waals surface area (Å²) in [5.74, 6) is -0.734. The Morgan fingerprint density at radius 2 is 1.98 bits per heavy atom. The molecule has 3 heterocycles. The van der Waals surface area contributed by atoms with E-state index in [0.717, 1.165) is 90.3 Å². The third kappa shape index (κ3) is 9.35. The van der Waals surface area contributed by atoms with E-state index in [1.54, 1.807) is 0 Å². The van der Waals surface area contributed by atoms with Crippen LogP contribution in [0.3, 0.4) is 0 Å². The van der Waals surface area contributed by atoms with E-state index < -0.39 is 17.7 Å². The van der Waals surface area contributed by atoms with Crippen LogP contribution >= 0.6 is 11.6 Å². The van der Waals surface area contributed by atoms with Gasteiger partial charge in [0.1, 0.15) is 0 Å². The van der Waals surface area contributed by atoms with Crippen LogP contribution in [0.25, 0.3) is 0 Å². The number of carbonyl (C=O) groups is 1. The second-order valence-electron chi connectivity index (χ2n) is 13.2. The molecule has 40 heavy (non-hydrogen) atoms. The van der Waals surface area contributed by atoms with Crippen molar-refractivity contribution < 1.29 is 9.90 Å². The summed E-state index contributed by atoms with van der Waals surface area (Å²) in [4.78, 5) is 23.4. The minimum atomic E-state index is -0.816. The maximum absolute atomic E-state index is 14.0. The Balaban J connectivity index is 1.76. The Hall–Kier alpha value is -0.810. The highest BCUT2D eigenvalue weighted by atomic mass is 35.5. The maximum atomic E-state index is 14.0. The molecule has 232 valence electrons. The monoisotopic (exact) mass is 583 g/mol. The summed E-state index contributed by atoms with van der Waals surface area (Å²) in [5, 5.41) is 17.7. The summed E-state index contributed by atoms with van der Waals surface area (Å²) in [5.41, 5.74) is 12.2. The molecule has 2 saturated heterocycles. The highest BCUT2D eigenvalue weighted by Crippen LogP contribution is 2.42. The summed E-state index contributed by atoms with van der Waals surface area (Å²) < 4.78 is 0. The molecule has 3 aliphatic heterocycles. The average molecular weight is 584 g/mol. The van der Waals surface area contributed by atoms with Crippen molar-refractivity contribution in [1.29, 1.82) is 0 Å². The lowest BCUT2D eigenvalue weighted by molar-refractivity contribution is -0.128. The Kier molecular flexibility index (Phi) is 13.1. The molecule has 0 radical (unpaired) electrons. The molecule has 7 N–H and O–H groups in total. The number of amides is 1. The molecule has 6 atom stereocenters. The van der Waals surface area contributed by atoms with Gasteiger partial charge in [-0.25, -0.2) is 0 Å². The number of piperidine rings is 2. The number of rotatable bonds is 11. The zero-order chi connectivity index (χ0) is 29.3. The van der Waals surface area contributed by atoms with Crippen LogP contribution in [-0.2, 0) is 4.79 Å². The zero-order valence-electron chi connectivity index (χ0n) is 25.6. The number of carbonyl (C=O) groups excluding carboxylic acids is 1. The van der Waals surface area contributed by atoms with E-state index in [1.165, 1.54) is 0 Å². The number of alkyl halides is 1. The number of halogens is 1. The number of unbranched alkanes of at least 4 members (excludes halogenated alkanes) is 1. The first-order valence-corrected chi connectivity index (χ1v) is 16.3. The number of aliphatic hydroxyl groups is 1. The van der Waals surface area contributed by atoms with E-state index in [-0.39, 0.29) is 34.8 Å². The zero-order valence-corrected chi connectivity index (χ0v) is 26.3. The van der Waals surface area contributed by atoms with E-state index in [9.17, 15) is 9.90 Å². The van der Waals surface area contributed by atoms with Crippen molar-refractivity contribution in [3.63, 3.8) is 0 Å². The van der Waals surface area contributed by atoms with Gasteiger partial charge in [0, 0.05) is 38.4 Å². The van der Waals surface area contributed by atoms with Crippen molar-refractivity contribution in [1.82, 2.24) is 20.4 Å². The van der Waals surface area contributed by atoms with Gasteiger partial charge in [-0.15, -0.1) is 11.6 Å². The lowest BCUT2D eigenvalue weighted by atomic mass is 9.70. The van der Waals surface area contributed by atoms with Gasteiger partial charge in [-0.1, -0.05) is 39.5 Å². The van der Waals surface area contributed by atoms with Crippen molar-refractivity contribution in [2.45, 2.75) is 120 Å². The lowest BCUT2D eigenvalue weighted by Gasteiger charge is -2.46. The van der Waals surface area contributed by atoms with E-state index in [4.69, 9.17) is 28.1 Å². The van der Waals surface area contributed by atoms with Gasteiger partial charge in [0.05, 0.1) is 35.1 Å². The Morgan fingerprint density at radius 1 is 1.25 bits per heavy atom. The number of likely N-dealkylation sites (tertiary alicyclic amines) is 1. The number of nitrogens with one attached hydrogen (secondary N) is 2. The molecule has 0 aromatic rings. The number of likely N-dealkylation sites (N-methyl/N-ethyl adjacent to an activating group) is 1. The predicted molar refractivity (Wildman–Crippen MR) is 166 cm³/mol. The van der Waals surface area contributed by atoms with Crippen molar-refractivity contribution in [2.24, 2.45) is 27.8 Å². The Morgan fingerprint density at radius 3 is 2.60 bits per heavy atom. The highest BCUT2D eigenvalue weighted by molar-refractivity contribution is 6.28. The van der Waals surface area contributed by atoms with Crippen molar-refractivity contribution in [2.75, 3.05) is 46.8 Å². The van der Waals surface area contributed by atoms with Crippen LogP contribution in [0.5, 0.6) is 0 Å². The van der Waals surface area contributed by atoms with E-state index in [0.29, 0.717) is 13.1 Å². The van der Waals surface area contributed by atoms with E-state index in [1.807, 2.05) is 20.3 Å². The second kappa shape index (κ2) is 15.6. The van der Waals surface area contributed by atoms with Crippen LogP contribution in [-0.4, -0.2) is 109 Å². The number of aliphatic imine (C=N–C) groups is 1. The SMILES string of the molecule is CCCCC1(CC)CCCC(Cl)C=NC(C(C(=O)NC2CNCCC2N2CCC(O)(CN(C)C)CC2)C(N)N)C1. The predicted octanol–water partition coefficient (Wildman–Crippen LogP) is 2.29. The van der Waals surface area contributed by atoms with Crippen LogP contribution in [0.4, 0.5) is 0 Å². The summed E-state index contributed by atoms with van der Waals surface area (Å²) in [7, 11) is 4.01. The summed E-state index contributed by atoms with van der Waals surface area (Å²) in [6.07, 6.45) is 11.7. The summed E-state index contributed by atoms with van der Waals surface area (Å²) in [6.45, 7) is 8.43. The normalized spacial score (nSPS) is 32.9. The molecular weight excluding hydrogens is 526 g/mol. The minimum Gasteiger partial charge on any atom is -0.388 e. The van der Waals surface area contributed by atoms with Crippen molar-refractivity contribution in [3.05, 3.63) is 0 Å². The fourth-order valence-electron chi connectivity index (χ4n) is 7.38. The van der Waals surface area contributed by atoms with Gasteiger partial charge in [-0.2, -0.15) is 0 Å². The first kappa shape index (κ1) is 33.7. The van der Waals surface area contributed by atoms with Gasteiger partial charge in [-0.05, 0) is 71.0 Å². The fraction of sp³-hybridized carbons (Fsp3) is 0.933. The third-order valence-electron chi connectivity index (χ3n) is 9.79. The molecule has 0 saturated carbocycles. The quantitative estimate of drug-likeness (QED) is 0.186. The molecule has 1 amide bonds. The van der Waals surface area contributed by atoms with Crippen LogP contribution < -0.4 is 22.1 Å². The highest BCUT2D eigenvalue weighted by Gasteiger charge is 2.42. The molecule has 0 spiro atoms. The number of hydrogen-bond acceptors (Lipinski definition) is 8. The summed E-state index contributed by atoms with van der Waals surface area (Å²) in [6, 6.07) is -0.152. The van der Waals surface area contributed by atoms with Gasteiger partial charge in [0.2, 0.25) is 5.91 Å². The molecule has 9 nitrogen and oxygen atoms in total. The largest absolute Gasteiger partial charge is 0.388 e. The minimum absolute atomic E-state index is 0.0559. The third-order valence-corrected chi connectivity index (χ3v) is 10.1. The molecule has 6 unspecified atom stereocenters. The van der Waals surface area contributed by atoms with Crippen molar-refractivity contribution in [3.8, 4) is 0 Å². The maximum Gasteiger partial charge on any atom is 0.228 e. The van der Waals surface area contributed by atoms with Crippen LogP contribution in [0.15, 0.2) is 4.99 Å². The Bertz CT molecular complexity index is 805. The van der Waals surface area contributed by atoms with Gasteiger partial charge < -0.3 is 32.1 Å². The molecule has 3 aliphatic rings. The van der Waals surface area contributed by atoms with Gasteiger partial charge in [-0.3, -0.25) is 14.7 Å². The second-order valence-corrected chi connectivity index (χ2v) is 13.8. The van der Waals surface area contributed by atoms with Crippen LogP contribution in [0, 0.1) is 11.3 Å². The first-order valence-electron chi connectivity index (χ1n) is 15.8. The van der Waals surface area contributed by atoms with Crippen molar-refractivity contribution >= 4 is 23.7 Å². The standard InChI is InChI=1S/C30H58ClN7O2/c1-5-7-11-29(6-2)12-8-9-22(31)19-35-23(18-29)26(27(32)33)28(39)36-24-20-34-15-10-25(24)38-16-13-30(40,14-17-38)21-37(3)4/h19,22-27,34,40H,5-18,20-21,32-33H2,1-4H3,(H,36,39). The van der Waals surface area contributed by atoms with Gasteiger partial charge in [0.25, 0.3) is 0 Å². The van der Waals surface area contributed by atoms with Crippen LogP contribution in [0.1, 0.15) is 84.5 Å². The molecule has 0 aliphatic carbocycles. The van der Waals surface area contributed by atoms with E-state index in [2.05, 4.69) is 34.3 Å². The number of hydrogen-bond donors (Lipinski definition) is 5. The van der Waals surface area contributed by atoms with Crippen LogP contribution in [0.2, 0.25) is 0 Å². The topological polar surface area (TPSA) is 132 Å². The molecule has 2 fully saturated rings. The molecule has 10 heteroatoms. The molecule has 0 aromatic heterocycles. The first-order chi connectivity index (χ1) is 19.0. The van der Waals surface area contributed by atoms with Gasteiger partial charge >= 0.3 is 0 Å². The number of nitrogens with two attached hydrogens (primary N) is 2. The van der Waals surface area contributed by atoms with E-state index >= 15 is 0 Å². The molecular formula is C30H58ClN7O2. The Labute approximate surface area is 248 Å². The fourth-order valence-corrected chi connectivity index (χ4v) is 7.60.